The van der Waals surface area contributed by atoms with Crippen molar-refractivity contribution in [1.29, 1.82) is 0 Å². The maximum absolute atomic E-state index is 14.7. The molecular formula is C25H35F5O. The van der Waals surface area contributed by atoms with E-state index in [-0.39, 0.29) is 0 Å². The van der Waals surface area contributed by atoms with E-state index in [9.17, 15) is 22.0 Å². The first-order valence-electron chi connectivity index (χ1n) is 11.9. The van der Waals surface area contributed by atoms with Crippen LogP contribution in [0.3, 0.4) is 0 Å². The van der Waals surface area contributed by atoms with Crippen LogP contribution in [0.25, 0.3) is 0 Å². The first-order valence-corrected chi connectivity index (χ1v) is 11.9. The Labute approximate surface area is 182 Å². The molecule has 0 bridgehead atoms. The van der Waals surface area contributed by atoms with E-state index in [1.165, 1.54) is 51.4 Å². The minimum atomic E-state index is -3.49. The molecule has 0 aliphatic heterocycles. The number of unbranched alkanes of at least 4 members (excludes halogenated alkanes) is 2. The molecule has 0 N–H and O–H groups in total. The van der Waals surface area contributed by atoms with Crippen LogP contribution < -0.4 is 4.74 Å². The van der Waals surface area contributed by atoms with Crippen molar-refractivity contribution in [2.24, 2.45) is 23.7 Å². The SMILES string of the molecule is CCCCCC1CCC(C2CCC(C(F)(F)Oc3cc(F)c(F)c(CF)c3)CC2)CC1. The fourth-order valence-corrected chi connectivity index (χ4v) is 5.57. The highest BCUT2D eigenvalue weighted by atomic mass is 19.3. The summed E-state index contributed by atoms with van der Waals surface area (Å²) in [7, 11) is 0. The van der Waals surface area contributed by atoms with Gasteiger partial charge in [-0.1, -0.05) is 45.4 Å². The van der Waals surface area contributed by atoms with Crippen LogP contribution in [0.1, 0.15) is 89.5 Å². The number of benzene rings is 1. The van der Waals surface area contributed by atoms with Crippen molar-refractivity contribution in [3.8, 4) is 5.75 Å². The summed E-state index contributed by atoms with van der Waals surface area (Å²) in [5, 5.41) is 0. The normalized spacial score (nSPS) is 27.3. The number of hydrogen-bond acceptors (Lipinski definition) is 1. The lowest BCUT2D eigenvalue weighted by atomic mass is 9.68. The molecule has 6 heteroatoms. The summed E-state index contributed by atoms with van der Waals surface area (Å²) in [6, 6.07) is 1.38. The molecule has 2 fully saturated rings. The average Bonchev–Trinajstić information content (AvgIpc) is 2.76. The zero-order chi connectivity index (χ0) is 22.4. The molecule has 0 heterocycles. The average molecular weight is 447 g/mol. The summed E-state index contributed by atoms with van der Waals surface area (Å²) < 4.78 is 73.9. The van der Waals surface area contributed by atoms with Crippen LogP contribution in [0.4, 0.5) is 22.0 Å². The van der Waals surface area contributed by atoms with E-state index >= 15 is 0 Å². The van der Waals surface area contributed by atoms with Crippen LogP contribution in [0.2, 0.25) is 0 Å². The Balaban J connectivity index is 1.48. The highest BCUT2D eigenvalue weighted by molar-refractivity contribution is 5.31. The Hall–Kier alpha value is -1.33. The molecule has 0 atom stereocenters. The van der Waals surface area contributed by atoms with Gasteiger partial charge in [0.15, 0.2) is 11.6 Å². The van der Waals surface area contributed by atoms with Gasteiger partial charge in [-0.25, -0.2) is 13.2 Å². The molecule has 1 aromatic carbocycles. The highest BCUT2D eigenvalue weighted by Gasteiger charge is 2.45. The lowest BCUT2D eigenvalue weighted by Gasteiger charge is -2.39. The minimum Gasteiger partial charge on any atom is -0.432 e. The van der Waals surface area contributed by atoms with Gasteiger partial charge in [-0.2, -0.15) is 8.78 Å². The van der Waals surface area contributed by atoms with Crippen molar-refractivity contribution in [2.75, 3.05) is 0 Å². The Morgan fingerprint density at radius 1 is 0.903 bits per heavy atom. The Morgan fingerprint density at radius 2 is 1.52 bits per heavy atom. The van der Waals surface area contributed by atoms with Crippen molar-refractivity contribution in [3.05, 3.63) is 29.3 Å². The first kappa shape index (κ1) is 24.3. The van der Waals surface area contributed by atoms with Gasteiger partial charge >= 0.3 is 6.11 Å². The van der Waals surface area contributed by atoms with Crippen molar-refractivity contribution in [3.63, 3.8) is 0 Å². The van der Waals surface area contributed by atoms with Crippen molar-refractivity contribution in [1.82, 2.24) is 0 Å². The third-order valence-corrected chi connectivity index (χ3v) is 7.50. The largest absolute Gasteiger partial charge is 0.432 e. The predicted octanol–water partition coefficient (Wildman–Crippen LogP) is 8.60. The van der Waals surface area contributed by atoms with Crippen LogP contribution in [-0.2, 0) is 6.67 Å². The van der Waals surface area contributed by atoms with E-state index in [1.807, 2.05) is 0 Å². The van der Waals surface area contributed by atoms with Gasteiger partial charge in [-0.15, -0.1) is 0 Å². The van der Waals surface area contributed by atoms with Crippen LogP contribution >= 0.6 is 0 Å². The number of halogens is 5. The van der Waals surface area contributed by atoms with E-state index in [1.54, 1.807) is 0 Å². The highest BCUT2D eigenvalue weighted by Crippen LogP contribution is 2.46. The monoisotopic (exact) mass is 446 g/mol. The molecule has 0 amide bonds. The molecule has 1 aromatic rings. The minimum absolute atomic E-state index is 0.355. The van der Waals surface area contributed by atoms with Gasteiger partial charge in [-0.05, 0) is 62.3 Å². The molecular weight excluding hydrogens is 411 g/mol. The molecule has 3 rings (SSSR count). The second-order valence-corrected chi connectivity index (χ2v) is 9.56. The molecule has 0 radical (unpaired) electrons. The lowest BCUT2D eigenvalue weighted by molar-refractivity contribution is -0.224. The third kappa shape index (κ3) is 6.35. The Bertz CT molecular complexity index is 691. The second-order valence-electron chi connectivity index (χ2n) is 9.56. The van der Waals surface area contributed by atoms with Crippen molar-refractivity contribution < 1.29 is 26.7 Å². The van der Waals surface area contributed by atoms with E-state index in [4.69, 9.17) is 4.74 Å². The van der Waals surface area contributed by atoms with Crippen molar-refractivity contribution in [2.45, 2.75) is 96.8 Å². The maximum atomic E-state index is 14.7. The number of alkyl halides is 3. The van der Waals surface area contributed by atoms with Gasteiger partial charge in [0.25, 0.3) is 0 Å². The van der Waals surface area contributed by atoms with Crippen LogP contribution in [0.15, 0.2) is 12.1 Å². The molecule has 0 unspecified atom stereocenters. The summed E-state index contributed by atoms with van der Waals surface area (Å²) in [4.78, 5) is 0. The summed E-state index contributed by atoms with van der Waals surface area (Å²) in [6.45, 7) is 0.943. The Kier molecular flexibility index (Phi) is 8.63. The zero-order valence-corrected chi connectivity index (χ0v) is 18.5. The zero-order valence-electron chi connectivity index (χ0n) is 18.5. The second kappa shape index (κ2) is 11.0. The lowest BCUT2D eigenvalue weighted by Crippen LogP contribution is -2.38. The molecule has 1 nitrogen and oxygen atoms in total. The number of rotatable bonds is 9. The summed E-state index contributed by atoms with van der Waals surface area (Å²) in [5.41, 5.74) is -0.611. The van der Waals surface area contributed by atoms with Crippen LogP contribution in [0.5, 0.6) is 5.75 Å². The van der Waals surface area contributed by atoms with E-state index in [0.717, 1.165) is 24.8 Å². The molecule has 31 heavy (non-hydrogen) atoms. The molecule has 0 spiro atoms. The van der Waals surface area contributed by atoms with E-state index in [2.05, 4.69) is 6.92 Å². The molecule has 2 saturated carbocycles. The topological polar surface area (TPSA) is 9.23 Å². The molecule has 176 valence electrons. The summed E-state index contributed by atoms with van der Waals surface area (Å²) >= 11 is 0. The fraction of sp³-hybridized carbons (Fsp3) is 0.760. The number of hydrogen-bond donors (Lipinski definition) is 0. The van der Waals surface area contributed by atoms with E-state index in [0.29, 0.717) is 30.7 Å². The predicted molar refractivity (Wildman–Crippen MR) is 112 cm³/mol. The van der Waals surface area contributed by atoms with Gasteiger partial charge in [0.05, 0.1) is 5.92 Å². The van der Waals surface area contributed by atoms with Gasteiger partial charge in [-0.3, -0.25) is 0 Å². The Morgan fingerprint density at radius 3 is 2.10 bits per heavy atom. The quantitative estimate of drug-likeness (QED) is 0.273. The van der Waals surface area contributed by atoms with Gasteiger partial charge in [0.1, 0.15) is 12.4 Å². The number of ether oxygens (including phenoxy) is 1. The maximum Gasteiger partial charge on any atom is 0.400 e. The standard InChI is InChI=1S/C25H35F5O/c1-2-3-4-5-17-6-8-18(9-7-17)19-10-12-21(13-11-19)25(29,30)31-22-14-20(16-26)24(28)23(27)15-22/h14-15,17-19,21H,2-13,16H2,1H3. The van der Waals surface area contributed by atoms with Crippen LogP contribution in [-0.4, -0.2) is 6.11 Å². The smallest absolute Gasteiger partial charge is 0.400 e. The summed E-state index contributed by atoms with van der Waals surface area (Å²) in [6.07, 6.45) is 8.87. The van der Waals surface area contributed by atoms with Crippen LogP contribution in [0, 0.1) is 35.3 Å². The van der Waals surface area contributed by atoms with Gasteiger partial charge < -0.3 is 4.74 Å². The van der Waals surface area contributed by atoms with Crippen molar-refractivity contribution >= 4 is 0 Å². The molecule has 2 aliphatic rings. The molecule has 0 aromatic heterocycles. The summed E-state index contributed by atoms with van der Waals surface area (Å²) in [5.74, 6) is -2.27. The molecule has 2 aliphatic carbocycles. The molecule has 0 saturated heterocycles. The first-order chi connectivity index (χ1) is 14.8. The van der Waals surface area contributed by atoms with E-state index < -0.39 is 41.6 Å². The van der Waals surface area contributed by atoms with Gasteiger partial charge in [0.2, 0.25) is 0 Å². The fourth-order valence-electron chi connectivity index (χ4n) is 5.57. The third-order valence-electron chi connectivity index (χ3n) is 7.50. The van der Waals surface area contributed by atoms with Gasteiger partial charge in [0, 0.05) is 11.6 Å².